The van der Waals surface area contributed by atoms with Crippen LogP contribution in [0.5, 0.6) is 5.75 Å². The second kappa shape index (κ2) is 21.7. The minimum absolute atomic E-state index is 0.00686. The lowest BCUT2D eigenvalue weighted by atomic mass is 9.83. The van der Waals surface area contributed by atoms with Crippen molar-refractivity contribution < 1.29 is 59.1 Å². The van der Waals surface area contributed by atoms with Gasteiger partial charge in [0.25, 0.3) is 5.91 Å². The Labute approximate surface area is 353 Å². The van der Waals surface area contributed by atoms with E-state index in [4.69, 9.17) is 0 Å². The van der Waals surface area contributed by atoms with E-state index in [-0.39, 0.29) is 40.9 Å². The SMILES string of the molecule is CC(=O)N[C@@H](CSC1=C2NC(=O)\C(C)=C/C=C\C=C/[C@H](C)[C@@H](O)CC(=O)/C(C)=C\C[C@H](O)/C=C\[C@H](C)[C@H](O)[C@@H](C)/C=C(/C)C(=O)c3c(O)c(C)cc(c3C1=O)C2=O)C(=O)O. The number of aliphatic hydroxyl groups is 3. The third-order valence-corrected chi connectivity index (χ3v) is 11.4. The second-order valence-electron chi connectivity index (χ2n) is 15.2. The third kappa shape index (κ3) is 12.5. The fourth-order valence-corrected chi connectivity index (χ4v) is 7.43. The Morgan fingerprint density at radius 2 is 1.50 bits per heavy atom. The number of hydrogen-bond acceptors (Lipinski definition) is 12. The highest BCUT2D eigenvalue weighted by molar-refractivity contribution is 8.04. The molecule has 0 unspecified atom stereocenters. The number of aryl methyl sites for hydroxylation is 1. The van der Waals surface area contributed by atoms with Crippen LogP contribution in [-0.4, -0.2) is 96.6 Å². The number of fused-ring (bicyclic) bond motifs is 18. The third-order valence-electron chi connectivity index (χ3n) is 10.2. The lowest BCUT2D eigenvalue weighted by Gasteiger charge is -2.25. The van der Waals surface area contributed by atoms with Gasteiger partial charge in [-0.1, -0.05) is 75.5 Å². The normalized spacial score (nSPS) is 29.0. The van der Waals surface area contributed by atoms with Crippen LogP contribution in [0.15, 0.2) is 88.1 Å². The van der Waals surface area contributed by atoms with Gasteiger partial charge in [0.15, 0.2) is 11.6 Å². The summed E-state index contributed by atoms with van der Waals surface area (Å²) in [4.78, 5) is 92.7. The lowest BCUT2D eigenvalue weighted by molar-refractivity contribution is -0.140. The summed E-state index contributed by atoms with van der Waals surface area (Å²) in [6.45, 7) is 12.0. The van der Waals surface area contributed by atoms with Crippen LogP contribution in [0.25, 0.3) is 0 Å². The van der Waals surface area contributed by atoms with Crippen LogP contribution in [0.1, 0.15) is 97.9 Å². The van der Waals surface area contributed by atoms with E-state index < -0.39 is 110 Å². The topological polar surface area (TPSA) is 245 Å². The van der Waals surface area contributed by atoms with Gasteiger partial charge in [0.1, 0.15) is 17.5 Å². The van der Waals surface area contributed by atoms with Gasteiger partial charge >= 0.3 is 5.97 Å². The zero-order chi connectivity index (χ0) is 45.2. The molecular weight excluding hydrogens is 793 g/mol. The van der Waals surface area contributed by atoms with E-state index in [1.165, 1.54) is 51.1 Å². The van der Waals surface area contributed by atoms with Crippen molar-refractivity contribution in [2.24, 2.45) is 17.8 Å². The van der Waals surface area contributed by atoms with E-state index in [1.54, 1.807) is 58.1 Å². The Morgan fingerprint density at radius 1 is 0.833 bits per heavy atom. The van der Waals surface area contributed by atoms with Crippen LogP contribution in [0.2, 0.25) is 0 Å². The smallest absolute Gasteiger partial charge is 0.327 e. The van der Waals surface area contributed by atoms with Crippen molar-refractivity contribution in [1.29, 1.82) is 0 Å². The molecule has 0 saturated carbocycles. The van der Waals surface area contributed by atoms with Gasteiger partial charge in [0, 0.05) is 53.6 Å². The predicted molar refractivity (Wildman–Crippen MR) is 227 cm³/mol. The first-order chi connectivity index (χ1) is 28.1. The van der Waals surface area contributed by atoms with Crippen LogP contribution in [0.3, 0.4) is 0 Å². The maximum Gasteiger partial charge on any atom is 0.327 e. The van der Waals surface area contributed by atoms with Gasteiger partial charge in [0.05, 0.1) is 28.8 Å². The summed E-state index contributed by atoms with van der Waals surface area (Å²) < 4.78 is 0. The Balaban J connectivity index is 2.22. The molecule has 2 amide bonds. The highest BCUT2D eigenvalue weighted by Crippen LogP contribution is 2.40. The number of benzene rings is 1. The first kappa shape index (κ1) is 48.9. The zero-order valence-corrected chi connectivity index (χ0v) is 35.8. The molecule has 3 aliphatic rings. The van der Waals surface area contributed by atoms with Crippen molar-refractivity contribution in [2.75, 3.05) is 5.75 Å². The number of aromatic hydroxyl groups is 1. The first-order valence-corrected chi connectivity index (χ1v) is 20.4. The molecule has 4 bridgehead atoms. The summed E-state index contributed by atoms with van der Waals surface area (Å²) >= 11 is 0.561. The molecule has 1 aromatic rings. The Bertz CT molecular complexity index is 2140. The van der Waals surface area contributed by atoms with Crippen LogP contribution in [0, 0.1) is 24.7 Å². The van der Waals surface area contributed by atoms with E-state index in [9.17, 15) is 59.1 Å². The molecule has 2 heterocycles. The van der Waals surface area contributed by atoms with Gasteiger partial charge in [-0.2, -0.15) is 0 Å². The van der Waals surface area contributed by atoms with E-state index in [0.717, 1.165) is 6.92 Å². The van der Waals surface area contributed by atoms with E-state index in [0.29, 0.717) is 17.3 Å². The summed E-state index contributed by atoms with van der Waals surface area (Å²) in [7, 11) is 0. The summed E-state index contributed by atoms with van der Waals surface area (Å²) in [6, 6.07) is -0.311. The van der Waals surface area contributed by atoms with E-state index in [1.807, 2.05) is 0 Å². The quantitative estimate of drug-likeness (QED) is 0.198. The number of aliphatic hydroxyl groups excluding tert-OH is 3. The number of nitrogens with one attached hydrogen (secondary N) is 2. The number of carboxylic acids is 1. The molecule has 7 N–H and O–H groups in total. The predicted octanol–water partition coefficient (Wildman–Crippen LogP) is 4.77. The van der Waals surface area contributed by atoms with Gasteiger partial charge in [0.2, 0.25) is 17.5 Å². The lowest BCUT2D eigenvalue weighted by Crippen LogP contribution is -2.42. The molecule has 15 heteroatoms. The van der Waals surface area contributed by atoms with Crippen LogP contribution < -0.4 is 10.6 Å². The monoisotopic (exact) mass is 846 g/mol. The molecule has 0 spiro atoms. The first-order valence-electron chi connectivity index (χ1n) is 19.4. The fraction of sp³-hybridized carbons (Fsp3) is 0.400. The molecule has 0 saturated heterocycles. The van der Waals surface area contributed by atoms with Crippen molar-refractivity contribution in [1.82, 2.24) is 10.6 Å². The number of ketones is 4. The van der Waals surface area contributed by atoms with Gasteiger partial charge in [-0.05, 0) is 56.9 Å². The Morgan fingerprint density at radius 3 is 2.13 bits per heavy atom. The number of hydrogen-bond donors (Lipinski definition) is 7. The average Bonchev–Trinajstić information content (AvgIpc) is 3.19. The number of allylic oxidation sites excluding steroid dienone is 8. The highest BCUT2D eigenvalue weighted by atomic mass is 32.2. The molecule has 7 atom stereocenters. The molecule has 4 rings (SSSR count). The molecule has 0 radical (unpaired) electrons. The summed E-state index contributed by atoms with van der Waals surface area (Å²) in [6.07, 6.45) is 10.7. The number of aliphatic carboxylic acids is 1. The van der Waals surface area contributed by atoms with Crippen molar-refractivity contribution in [3.63, 3.8) is 0 Å². The number of phenolic OH excluding ortho intramolecular Hbond substituents is 1. The minimum Gasteiger partial charge on any atom is -0.507 e. The van der Waals surface area contributed by atoms with Gasteiger partial charge in [-0.15, -0.1) is 11.8 Å². The number of carbonyl (C=O) groups excluding carboxylic acids is 6. The number of carboxylic acid groups (broad SMARTS) is 1. The minimum atomic E-state index is -1.52. The van der Waals surface area contributed by atoms with Crippen LogP contribution in [0.4, 0.5) is 0 Å². The van der Waals surface area contributed by atoms with Crippen LogP contribution >= 0.6 is 11.8 Å². The molecule has 2 aliphatic heterocycles. The van der Waals surface area contributed by atoms with Gasteiger partial charge in [-0.25, -0.2) is 4.79 Å². The fourth-order valence-electron chi connectivity index (χ4n) is 6.35. The summed E-state index contributed by atoms with van der Waals surface area (Å²) in [5.41, 5.74) is -1.25. The van der Waals surface area contributed by atoms with E-state index >= 15 is 0 Å². The largest absolute Gasteiger partial charge is 0.507 e. The molecular formula is C45H54N2O12S. The standard InChI is InChI=1S/C45H54N2O12S/c1-22-12-10-9-11-13-25(4)44(57)47-37-41(55)31-19-28(7)40(54)36(35(31)42(56)43(37)60-21-32(45(58)59)46-29(8)48)39(53)27(6)18-26(5)38(52)24(3)15-17-30(49)16-14-23(2)34(51)20-33(22)50/h9-15,17-19,22,24,26,30,32-33,38,49-50,52,54H,16,20-21H2,1-8H3,(H,46,48)(H,47,57)(H,58,59)/b11-9-,12-10-,17-15-,23-14-,25-13-,27-18-/t22-,24-,26-,30-,32-,33-,38-/m0/s1. The number of rotatable bonds is 5. The van der Waals surface area contributed by atoms with Crippen molar-refractivity contribution in [3.8, 4) is 5.75 Å². The number of Topliss-reactive ketones (excluding diaryl/α,β-unsaturated/α-hetero) is 4. The molecule has 1 aromatic carbocycles. The molecule has 1 aliphatic carbocycles. The zero-order valence-electron chi connectivity index (χ0n) is 34.9. The number of amides is 2. The molecule has 322 valence electrons. The Kier molecular flexibility index (Phi) is 17.7. The van der Waals surface area contributed by atoms with Crippen molar-refractivity contribution in [3.05, 3.63) is 110 Å². The number of phenols is 1. The summed E-state index contributed by atoms with van der Waals surface area (Å²) in [5, 5.41) is 58.2. The number of thioether (sulfide) groups is 1. The van der Waals surface area contributed by atoms with Gasteiger partial charge < -0.3 is 36.2 Å². The highest BCUT2D eigenvalue weighted by Gasteiger charge is 2.39. The molecule has 14 nitrogen and oxygen atoms in total. The van der Waals surface area contributed by atoms with Crippen molar-refractivity contribution >= 4 is 52.7 Å². The van der Waals surface area contributed by atoms with Crippen LogP contribution in [-0.2, 0) is 19.2 Å². The van der Waals surface area contributed by atoms with Gasteiger partial charge in [-0.3, -0.25) is 28.8 Å². The second-order valence-corrected chi connectivity index (χ2v) is 16.2. The average molecular weight is 847 g/mol. The molecule has 60 heavy (non-hydrogen) atoms. The summed E-state index contributed by atoms with van der Waals surface area (Å²) in [5.74, 6) is -8.66. The maximum atomic E-state index is 14.5. The van der Waals surface area contributed by atoms with Crippen molar-refractivity contribution in [2.45, 2.75) is 92.6 Å². The maximum absolute atomic E-state index is 14.5. The Hall–Kier alpha value is -5.48. The van der Waals surface area contributed by atoms with E-state index in [2.05, 4.69) is 10.6 Å². The molecule has 0 fully saturated rings. The molecule has 0 aromatic heterocycles. The number of carbonyl (C=O) groups is 7.